The number of aliphatic carboxylic acids is 1. The van der Waals surface area contributed by atoms with Crippen LogP contribution in [0.25, 0.3) is 0 Å². The summed E-state index contributed by atoms with van der Waals surface area (Å²) in [4.78, 5) is 75.0. The van der Waals surface area contributed by atoms with Gasteiger partial charge in [-0.3, -0.25) is 19.3 Å². The van der Waals surface area contributed by atoms with Gasteiger partial charge in [-0.25, -0.2) is 14.5 Å². The van der Waals surface area contributed by atoms with Crippen molar-refractivity contribution in [2.24, 2.45) is 11.8 Å². The molecule has 3 aliphatic rings. The first kappa shape index (κ1) is 41.6. The van der Waals surface area contributed by atoms with Crippen molar-refractivity contribution in [3.63, 3.8) is 0 Å². The molecule has 4 aromatic carbocycles. The van der Waals surface area contributed by atoms with E-state index in [0.29, 0.717) is 28.0 Å². The molecule has 4 N–H and O–H groups in total. The van der Waals surface area contributed by atoms with Crippen LogP contribution in [-0.2, 0) is 34.1 Å². The summed E-state index contributed by atoms with van der Waals surface area (Å²) >= 11 is 0. The van der Waals surface area contributed by atoms with Crippen LogP contribution in [0, 0.1) is 23.7 Å². The molecule has 2 saturated heterocycles. The number of carbonyl (C=O) groups excluding carboxylic acids is 4. The summed E-state index contributed by atoms with van der Waals surface area (Å²) in [5, 5.41) is 33.1. The maximum atomic E-state index is 15.9. The number of cyclic esters (lactones) is 1. The molecule has 310 valence electrons. The number of fused-ring (bicyclic) bond motifs is 3. The molecule has 0 radical (unpaired) electrons. The second-order valence-corrected chi connectivity index (χ2v) is 15.1. The van der Waals surface area contributed by atoms with Gasteiger partial charge >= 0.3 is 23.9 Å². The average Bonchev–Trinajstić information content (AvgIpc) is 3.71. The number of esters is 2. The number of rotatable bonds is 11. The summed E-state index contributed by atoms with van der Waals surface area (Å²) < 4.78 is 17.0. The number of aliphatic hydroxyl groups excluding tert-OH is 2. The van der Waals surface area contributed by atoms with Crippen LogP contribution in [0.5, 0.6) is 5.75 Å². The van der Waals surface area contributed by atoms with Gasteiger partial charge in [0.2, 0.25) is 5.91 Å². The number of aliphatic hydroxyl groups is 2. The number of amides is 3. The summed E-state index contributed by atoms with van der Waals surface area (Å²) in [6.45, 7) is 2.93. The minimum atomic E-state index is -2.22. The Bertz CT molecular complexity index is 2330. The van der Waals surface area contributed by atoms with Crippen LogP contribution in [0.15, 0.2) is 103 Å². The number of hydrogen-bond donors (Lipinski definition) is 4. The van der Waals surface area contributed by atoms with Crippen LogP contribution in [0.3, 0.4) is 0 Å². The van der Waals surface area contributed by atoms with Crippen molar-refractivity contribution in [3.05, 3.63) is 131 Å². The van der Waals surface area contributed by atoms with Crippen molar-refractivity contribution < 1.29 is 53.5 Å². The van der Waals surface area contributed by atoms with E-state index in [4.69, 9.17) is 14.2 Å². The van der Waals surface area contributed by atoms with Gasteiger partial charge in [-0.1, -0.05) is 98.5 Å². The number of carbonyl (C=O) groups is 5. The Morgan fingerprint density at radius 3 is 2.13 bits per heavy atom. The molecule has 7 atom stereocenters. The normalized spacial score (nSPS) is 23.6. The molecule has 60 heavy (non-hydrogen) atoms. The SMILES string of the molecule is COC(=O)C(NC(=O)N1C(=O)C2(c3cc(C#CCCO)ccc31)C(C(=O)O)C1C(=O)OC(c3ccccc3)C(c3ccccc3)N1C2c1ccc(OCCO)cc1)C(C)C. The summed E-state index contributed by atoms with van der Waals surface area (Å²) in [5.41, 5.74) is -0.0183. The molecule has 0 saturated carbocycles. The molecule has 7 rings (SSSR count). The van der Waals surface area contributed by atoms with E-state index in [1.54, 1.807) is 67.3 Å². The molecule has 14 heteroatoms. The van der Waals surface area contributed by atoms with Gasteiger partial charge < -0.3 is 34.8 Å². The number of benzene rings is 4. The van der Waals surface area contributed by atoms with Crippen LogP contribution in [0.2, 0.25) is 0 Å². The molecule has 4 aromatic rings. The third-order valence-electron chi connectivity index (χ3n) is 11.4. The molecule has 1 spiro atoms. The van der Waals surface area contributed by atoms with E-state index in [0.717, 1.165) is 4.90 Å². The molecule has 14 nitrogen and oxygen atoms in total. The molecule has 3 aliphatic heterocycles. The van der Waals surface area contributed by atoms with Gasteiger partial charge in [0, 0.05) is 12.0 Å². The van der Waals surface area contributed by atoms with Crippen LogP contribution in [0.1, 0.15) is 66.3 Å². The summed E-state index contributed by atoms with van der Waals surface area (Å²) in [6.07, 6.45) is -0.846. The van der Waals surface area contributed by atoms with Crippen molar-refractivity contribution in [1.82, 2.24) is 10.2 Å². The summed E-state index contributed by atoms with van der Waals surface area (Å²) in [6, 6.07) is 23.5. The van der Waals surface area contributed by atoms with E-state index < -0.39 is 77.4 Å². The number of morpholine rings is 1. The number of methoxy groups -OCH3 is 1. The fourth-order valence-electron chi connectivity index (χ4n) is 8.92. The molecule has 3 heterocycles. The monoisotopic (exact) mass is 815 g/mol. The van der Waals surface area contributed by atoms with E-state index in [-0.39, 0.29) is 37.5 Å². The van der Waals surface area contributed by atoms with E-state index in [9.17, 15) is 34.5 Å². The van der Waals surface area contributed by atoms with E-state index in [1.807, 2.05) is 48.5 Å². The lowest BCUT2D eigenvalue weighted by Crippen LogP contribution is -2.56. The fourth-order valence-corrected chi connectivity index (χ4v) is 8.92. The van der Waals surface area contributed by atoms with E-state index in [1.165, 1.54) is 13.2 Å². The molecule has 3 amide bonds. The zero-order valence-electron chi connectivity index (χ0n) is 33.2. The lowest BCUT2D eigenvalue weighted by atomic mass is 9.65. The number of hydrogen-bond acceptors (Lipinski definition) is 11. The predicted molar refractivity (Wildman–Crippen MR) is 216 cm³/mol. The van der Waals surface area contributed by atoms with Crippen LogP contribution in [0.4, 0.5) is 10.5 Å². The Hall–Kier alpha value is -6.53. The van der Waals surface area contributed by atoms with Crippen LogP contribution >= 0.6 is 0 Å². The Kier molecular flexibility index (Phi) is 12.0. The first-order valence-corrected chi connectivity index (χ1v) is 19.6. The van der Waals surface area contributed by atoms with Gasteiger partial charge in [-0.15, -0.1) is 0 Å². The molecule has 0 bridgehead atoms. The van der Waals surface area contributed by atoms with Crippen molar-refractivity contribution in [2.75, 3.05) is 31.8 Å². The van der Waals surface area contributed by atoms with Gasteiger partial charge in [0.05, 0.1) is 38.1 Å². The standard InChI is InChI=1S/C46H45N3O11/c1-27(2)36(42(54)58-3)47-45(57)48-34-22-17-28(12-10-11-23-50)26-33(34)46(44(48)56)35(41(52)53)38-43(55)60-39(30-15-8-5-9-16-30)37(29-13-6-4-7-14-29)49(38)40(46)31-18-20-32(21-19-31)59-25-24-51/h4-9,13-22,26-27,35-40,50-51H,11,23-25H2,1-3H3,(H,47,57)(H,52,53). The lowest BCUT2D eigenvalue weighted by Gasteiger charge is -2.46. The summed E-state index contributed by atoms with van der Waals surface area (Å²) in [5.74, 6) is -0.170. The van der Waals surface area contributed by atoms with E-state index in [2.05, 4.69) is 17.2 Å². The molecule has 7 unspecified atom stereocenters. The predicted octanol–water partition coefficient (Wildman–Crippen LogP) is 4.45. The van der Waals surface area contributed by atoms with Crippen LogP contribution < -0.4 is 15.0 Å². The minimum Gasteiger partial charge on any atom is -0.491 e. The van der Waals surface area contributed by atoms with Gasteiger partial charge in [0.1, 0.15) is 41.9 Å². The molecule has 0 aliphatic carbocycles. The number of carboxylic acids is 1. The zero-order valence-corrected chi connectivity index (χ0v) is 33.2. The molecule has 2 fully saturated rings. The smallest absolute Gasteiger partial charge is 0.329 e. The maximum Gasteiger partial charge on any atom is 0.329 e. The molecular weight excluding hydrogens is 771 g/mol. The Labute approximate surface area is 346 Å². The number of urea groups is 1. The van der Waals surface area contributed by atoms with Crippen molar-refractivity contribution in [1.29, 1.82) is 0 Å². The Balaban J connectivity index is 1.55. The van der Waals surface area contributed by atoms with Gasteiger partial charge in [-0.2, -0.15) is 0 Å². The highest BCUT2D eigenvalue weighted by atomic mass is 16.6. The second-order valence-electron chi connectivity index (χ2n) is 15.1. The quantitative estimate of drug-likeness (QED) is 0.123. The number of anilines is 1. The van der Waals surface area contributed by atoms with E-state index >= 15 is 4.79 Å². The first-order chi connectivity index (χ1) is 29.0. The number of nitrogens with zero attached hydrogens (tertiary/aromatic N) is 2. The molecule has 0 aromatic heterocycles. The third kappa shape index (κ3) is 7.14. The molecular formula is C46H45N3O11. The Morgan fingerprint density at radius 1 is 0.867 bits per heavy atom. The topological polar surface area (TPSA) is 192 Å². The highest BCUT2D eigenvalue weighted by Gasteiger charge is 2.76. The lowest BCUT2D eigenvalue weighted by molar-refractivity contribution is -0.179. The number of carboxylic acid groups (broad SMARTS) is 1. The largest absolute Gasteiger partial charge is 0.491 e. The maximum absolute atomic E-state index is 15.9. The third-order valence-corrected chi connectivity index (χ3v) is 11.4. The van der Waals surface area contributed by atoms with Gasteiger partial charge in [-0.05, 0) is 58.5 Å². The minimum absolute atomic E-state index is 0.00164. The number of imide groups is 1. The second kappa shape index (κ2) is 17.4. The van der Waals surface area contributed by atoms with Crippen molar-refractivity contribution in [3.8, 4) is 17.6 Å². The van der Waals surface area contributed by atoms with Gasteiger partial charge in [0.15, 0.2) is 0 Å². The first-order valence-electron chi connectivity index (χ1n) is 19.6. The van der Waals surface area contributed by atoms with Gasteiger partial charge in [0.25, 0.3) is 0 Å². The highest BCUT2D eigenvalue weighted by Crippen LogP contribution is 2.66. The zero-order chi connectivity index (χ0) is 42.7. The summed E-state index contributed by atoms with van der Waals surface area (Å²) in [7, 11) is 1.18. The highest BCUT2D eigenvalue weighted by molar-refractivity contribution is 6.24. The number of nitrogens with one attached hydrogen (secondary N) is 1. The fraction of sp³-hybridized carbons (Fsp3) is 0.326. The Morgan fingerprint density at radius 2 is 1.53 bits per heavy atom. The average molecular weight is 816 g/mol. The van der Waals surface area contributed by atoms with Crippen molar-refractivity contribution >= 4 is 35.5 Å². The number of ether oxygens (including phenoxy) is 3. The van der Waals surface area contributed by atoms with Crippen molar-refractivity contribution in [2.45, 2.75) is 56.0 Å². The van der Waals surface area contributed by atoms with Crippen LogP contribution in [-0.4, -0.2) is 89.1 Å².